The number of hydrogen-bond acceptors (Lipinski definition) is 2. The first-order valence-electron chi connectivity index (χ1n) is 6.57. The molecule has 0 bridgehead atoms. The van der Waals surface area contributed by atoms with Gasteiger partial charge in [0.15, 0.2) is 0 Å². The van der Waals surface area contributed by atoms with Gasteiger partial charge >= 0.3 is 12.0 Å². The fourth-order valence-electron chi connectivity index (χ4n) is 2.46. The third kappa shape index (κ3) is 2.83. The summed E-state index contributed by atoms with van der Waals surface area (Å²) in [6, 6.07) is -0.355. The van der Waals surface area contributed by atoms with Crippen LogP contribution in [0.15, 0.2) is 12.2 Å². The molecule has 3 N–H and O–H groups in total. The number of rotatable bonds is 4. The molecule has 5 nitrogen and oxygen atoms in total. The van der Waals surface area contributed by atoms with Crippen molar-refractivity contribution in [2.45, 2.75) is 44.1 Å². The van der Waals surface area contributed by atoms with Gasteiger partial charge in [0.2, 0.25) is 0 Å². The summed E-state index contributed by atoms with van der Waals surface area (Å²) in [7, 11) is 0. The van der Waals surface area contributed by atoms with Gasteiger partial charge in [-0.2, -0.15) is 0 Å². The Balaban J connectivity index is 1.74. The van der Waals surface area contributed by atoms with Gasteiger partial charge in [0.05, 0.1) is 0 Å². The van der Waals surface area contributed by atoms with Crippen LogP contribution >= 0.6 is 0 Å². The van der Waals surface area contributed by atoms with E-state index < -0.39 is 11.5 Å². The van der Waals surface area contributed by atoms with Gasteiger partial charge < -0.3 is 15.7 Å². The molecule has 0 heterocycles. The maximum absolute atomic E-state index is 11.7. The third-order valence-electron chi connectivity index (χ3n) is 3.90. The smallest absolute Gasteiger partial charge is 0.329 e. The van der Waals surface area contributed by atoms with Crippen LogP contribution < -0.4 is 10.6 Å². The van der Waals surface area contributed by atoms with Crippen LogP contribution in [-0.4, -0.2) is 29.2 Å². The van der Waals surface area contributed by atoms with Gasteiger partial charge in [-0.3, -0.25) is 0 Å². The summed E-state index contributed by atoms with van der Waals surface area (Å²) in [6.45, 7) is 0.617. The fourth-order valence-corrected chi connectivity index (χ4v) is 2.46. The van der Waals surface area contributed by atoms with Crippen molar-refractivity contribution in [2.24, 2.45) is 5.92 Å². The molecular weight excluding hydrogens is 232 g/mol. The van der Waals surface area contributed by atoms with Crippen LogP contribution in [0.4, 0.5) is 4.79 Å². The van der Waals surface area contributed by atoms with Crippen molar-refractivity contribution < 1.29 is 14.7 Å². The Morgan fingerprint density at radius 3 is 2.61 bits per heavy atom. The van der Waals surface area contributed by atoms with Crippen molar-refractivity contribution in [3.63, 3.8) is 0 Å². The average Bonchev–Trinajstić information content (AvgIpc) is 2.32. The molecule has 0 aliphatic heterocycles. The van der Waals surface area contributed by atoms with Gasteiger partial charge in [-0.15, -0.1) is 0 Å². The molecular formula is C13H20N2O3. The highest BCUT2D eigenvalue weighted by molar-refractivity contribution is 5.87. The minimum absolute atomic E-state index is 0.355. The number of carboxylic acid groups (broad SMARTS) is 1. The second kappa shape index (κ2) is 5.42. The van der Waals surface area contributed by atoms with Gasteiger partial charge in [-0.1, -0.05) is 12.2 Å². The van der Waals surface area contributed by atoms with E-state index in [2.05, 4.69) is 22.8 Å². The lowest BCUT2D eigenvalue weighted by Crippen LogP contribution is -2.61. The van der Waals surface area contributed by atoms with E-state index in [1.807, 2.05) is 0 Å². The van der Waals surface area contributed by atoms with Crippen LogP contribution in [0.3, 0.4) is 0 Å². The van der Waals surface area contributed by atoms with Crippen molar-refractivity contribution in [2.75, 3.05) is 6.54 Å². The molecule has 2 aliphatic carbocycles. The summed E-state index contributed by atoms with van der Waals surface area (Å²) >= 11 is 0. The normalized spacial score (nSPS) is 25.0. The minimum atomic E-state index is -1.02. The number of amides is 2. The molecule has 0 aromatic carbocycles. The Hall–Kier alpha value is -1.52. The molecule has 0 aromatic rings. The van der Waals surface area contributed by atoms with Crippen LogP contribution in [0.1, 0.15) is 38.5 Å². The molecule has 1 saturated carbocycles. The van der Waals surface area contributed by atoms with Gasteiger partial charge in [0.25, 0.3) is 0 Å². The molecule has 0 radical (unpaired) electrons. The number of allylic oxidation sites excluding steroid dienone is 2. The predicted octanol–water partition coefficient (Wildman–Crippen LogP) is 1.65. The Labute approximate surface area is 107 Å². The largest absolute Gasteiger partial charge is 0.480 e. The third-order valence-corrected chi connectivity index (χ3v) is 3.90. The van der Waals surface area contributed by atoms with Crippen molar-refractivity contribution in [1.29, 1.82) is 0 Å². The van der Waals surface area contributed by atoms with E-state index in [9.17, 15) is 9.59 Å². The zero-order valence-electron chi connectivity index (χ0n) is 10.4. The van der Waals surface area contributed by atoms with Crippen LogP contribution in [0.5, 0.6) is 0 Å². The van der Waals surface area contributed by atoms with Crippen molar-refractivity contribution >= 4 is 12.0 Å². The predicted molar refractivity (Wildman–Crippen MR) is 67.2 cm³/mol. The Morgan fingerprint density at radius 2 is 2.11 bits per heavy atom. The highest BCUT2D eigenvalue weighted by Crippen LogP contribution is 2.31. The molecule has 1 atom stereocenters. The molecule has 0 spiro atoms. The average molecular weight is 252 g/mol. The lowest BCUT2D eigenvalue weighted by atomic mass is 9.77. The Morgan fingerprint density at radius 1 is 1.33 bits per heavy atom. The number of urea groups is 1. The number of carbonyl (C=O) groups excluding carboxylic acids is 1. The topological polar surface area (TPSA) is 78.4 Å². The zero-order chi connectivity index (χ0) is 13.0. The monoisotopic (exact) mass is 252 g/mol. The molecule has 18 heavy (non-hydrogen) atoms. The summed E-state index contributed by atoms with van der Waals surface area (Å²) in [5.41, 5.74) is -1.02. The van der Waals surface area contributed by atoms with E-state index in [4.69, 9.17) is 5.11 Å². The SMILES string of the molecule is O=C(NCC1CC=CCC1)NC1(C(=O)O)CCC1. The Bertz CT molecular complexity index is 361. The zero-order valence-corrected chi connectivity index (χ0v) is 10.4. The summed E-state index contributed by atoms with van der Waals surface area (Å²) in [5, 5.41) is 14.5. The van der Waals surface area contributed by atoms with E-state index in [-0.39, 0.29) is 6.03 Å². The summed E-state index contributed by atoms with van der Waals surface area (Å²) in [5.74, 6) is -0.451. The molecule has 1 unspecified atom stereocenters. The van der Waals surface area contributed by atoms with E-state index >= 15 is 0 Å². The summed E-state index contributed by atoms with van der Waals surface area (Å²) in [6.07, 6.45) is 9.35. The first-order chi connectivity index (χ1) is 8.62. The van der Waals surface area contributed by atoms with Crippen molar-refractivity contribution in [1.82, 2.24) is 10.6 Å². The Kier molecular flexibility index (Phi) is 3.89. The number of carboxylic acids is 1. The van der Waals surface area contributed by atoms with Gasteiger partial charge in [-0.25, -0.2) is 9.59 Å². The molecule has 1 fully saturated rings. The molecule has 2 rings (SSSR count). The minimum Gasteiger partial charge on any atom is -0.480 e. The summed E-state index contributed by atoms with van der Waals surface area (Å²) < 4.78 is 0. The lowest BCUT2D eigenvalue weighted by molar-refractivity contribution is -0.148. The first-order valence-corrected chi connectivity index (χ1v) is 6.57. The number of carbonyl (C=O) groups is 2. The lowest BCUT2D eigenvalue weighted by Gasteiger charge is -2.38. The first kappa shape index (κ1) is 12.9. The standard InChI is InChI=1S/C13H20N2O3/c16-11(17)13(7-4-8-13)15-12(18)14-9-10-5-2-1-3-6-10/h1-2,10H,3-9H2,(H,16,17)(H2,14,15,18). The number of hydrogen-bond donors (Lipinski definition) is 3. The summed E-state index contributed by atoms with van der Waals surface area (Å²) in [4.78, 5) is 22.8. The van der Waals surface area contributed by atoms with Crippen molar-refractivity contribution in [3.05, 3.63) is 12.2 Å². The second-order valence-corrected chi connectivity index (χ2v) is 5.23. The van der Waals surface area contributed by atoms with Crippen LogP contribution in [0, 0.1) is 5.92 Å². The molecule has 0 saturated heterocycles. The molecule has 2 amide bonds. The van der Waals surface area contributed by atoms with E-state index in [0.717, 1.165) is 25.7 Å². The fraction of sp³-hybridized carbons (Fsp3) is 0.692. The molecule has 100 valence electrons. The van der Waals surface area contributed by atoms with Crippen LogP contribution in [-0.2, 0) is 4.79 Å². The maximum Gasteiger partial charge on any atom is 0.329 e. The molecule has 5 heteroatoms. The number of nitrogens with one attached hydrogen (secondary N) is 2. The molecule has 0 aromatic heterocycles. The van der Waals surface area contributed by atoms with E-state index in [1.54, 1.807) is 0 Å². The highest BCUT2D eigenvalue weighted by Gasteiger charge is 2.45. The van der Waals surface area contributed by atoms with Gasteiger partial charge in [0.1, 0.15) is 5.54 Å². The van der Waals surface area contributed by atoms with Crippen LogP contribution in [0.25, 0.3) is 0 Å². The van der Waals surface area contributed by atoms with Crippen molar-refractivity contribution in [3.8, 4) is 0 Å². The highest BCUT2D eigenvalue weighted by atomic mass is 16.4. The van der Waals surface area contributed by atoms with E-state index in [0.29, 0.717) is 25.3 Å². The number of aliphatic carboxylic acids is 1. The van der Waals surface area contributed by atoms with E-state index in [1.165, 1.54) is 0 Å². The maximum atomic E-state index is 11.7. The van der Waals surface area contributed by atoms with Gasteiger partial charge in [-0.05, 0) is 44.4 Å². The van der Waals surface area contributed by atoms with Gasteiger partial charge in [0, 0.05) is 6.54 Å². The second-order valence-electron chi connectivity index (χ2n) is 5.23. The quantitative estimate of drug-likeness (QED) is 0.666. The molecule has 2 aliphatic rings. The van der Waals surface area contributed by atoms with Crippen LogP contribution in [0.2, 0.25) is 0 Å².